The third-order valence-electron chi connectivity index (χ3n) is 2.13. The molecule has 0 aliphatic carbocycles. The Balaban J connectivity index is 2.03. The van der Waals surface area contributed by atoms with Crippen molar-refractivity contribution in [3.8, 4) is 0 Å². The molecule has 0 unspecified atom stereocenters. The molecule has 0 saturated heterocycles. The smallest absolute Gasteiger partial charge is 0.216 e. The van der Waals surface area contributed by atoms with Crippen molar-refractivity contribution in [3.63, 3.8) is 0 Å². The molecule has 0 saturated carbocycles. The summed E-state index contributed by atoms with van der Waals surface area (Å²) in [6, 6.07) is 0. The van der Waals surface area contributed by atoms with Gasteiger partial charge in [-0.25, -0.2) is 4.98 Å². The molecular formula is C10H18N4O. The van der Waals surface area contributed by atoms with Crippen molar-refractivity contribution in [2.75, 3.05) is 19.6 Å². The Morgan fingerprint density at radius 2 is 2.27 bits per heavy atom. The standard InChI is InChI=1S/C10H18N4O/c1-9-12-6-8-14(9)7-5-11-3-4-13-10(2)15/h6,8,11H,3-5,7H2,1-2H3,(H,13,15). The largest absolute Gasteiger partial charge is 0.355 e. The zero-order valence-corrected chi connectivity index (χ0v) is 9.29. The summed E-state index contributed by atoms with van der Waals surface area (Å²) in [6.07, 6.45) is 3.76. The average Bonchev–Trinajstić information content (AvgIpc) is 2.57. The summed E-state index contributed by atoms with van der Waals surface area (Å²) in [5, 5.41) is 5.97. The molecule has 0 aromatic carbocycles. The van der Waals surface area contributed by atoms with Crippen molar-refractivity contribution in [1.29, 1.82) is 0 Å². The molecule has 0 radical (unpaired) electrons. The zero-order chi connectivity index (χ0) is 11.1. The third kappa shape index (κ3) is 4.60. The van der Waals surface area contributed by atoms with Crippen LogP contribution in [-0.4, -0.2) is 35.1 Å². The summed E-state index contributed by atoms with van der Waals surface area (Å²) in [5.41, 5.74) is 0. The van der Waals surface area contributed by atoms with Gasteiger partial charge in [0.2, 0.25) is 5.91 Å². The van der Waals surface area contributed by atoms with Gasteiger partial charge in [-0.15, -0.1) is 0 Å². The van der Waals surface area contributed by atoms with Gasteiger partial charge < -0.3 is 15.2 Å². The van der Waals surface area contributed by atoms with Gasteiger partial charge in [0.25, 0.3) is 0 Å². The predicted octanol–water partition coefficient (Wildman–Crippen LogP) is -0.0828. The lowest BCUT2D eigenvalue weighted by molar-refractivity contribution is -0.118. The second-order valence-electron chi connectivity index (χ2n) is 3.40. The van der Waals surface area contributed by atoms with Gasteiger partial charge in [0.05, 0.1) is 0 Å². The first kappa shape index (κ1) is 11.7. The Labute approximate surface area is 89.9 Å². The topological polar surface area (TPSA) is 59.0 Å². The minimum absolute atomic E-state index is 0.0160. The quantitative estimate of drug-likeness (QED) is 0.646. The minimum Gasteiger partial charge on any atom is -0.355 e. The van der Waals surface area contributed by atoms with Crippen LogP contribution in [-0.2, 0) is 11.3 Å². The second-order valence-corrected chi connectivity index (χ2v) is 3.40. The van der Waals surface area contributed by atoms with Crippen LogP contribution in [0.3, 0.4) is 0 Å². The number of hydrogen-bond acceptors (Lipinski definition) is 3. The van der Waals surface area contributed by atoms with Gasteiger partial charge in [0, 0.05) is 45.5 Å². The van der Waals surface area contributed by atoms with E-state index in [1.807, 2.05) is 13.1 Å². The molecule has 0 atom stereocenters. The number of nitrogens with zero attached hydrogens (tertiary/aromatic N) is 2. The SMILES string of the molecule is CC(=O)NCCNCCn1ccnc1C. The lowest BCUT2D eigenvalue weighted by Gasteiger charge is -2.07. The highest BCUT2D eigenvalue weighted by Gasteiger charge is 1.95. The average molecular weight is 210 g/mol. The van der Waals surface area contributed by atoms with E-state index in [2.05, 4.69) is 20.2 Å². The minimum atomic E-state index is 0.0160. The first-order chi connectivity index (χ1) is 7.20. The summed E-state index contributed by atoms with van der Waals surface area (Å²) in [4.78, 5) is 14.7. The fraction of sp³-hybridized carbons (Fsp3) is 0.600. The number of aromatic nitrogens is 2. The number of hydrogen-bond donors (Lipinski definition) is 2. The van der Waals surface area contributed by atoms with Gasteiger partial charge >= 0.3 is 0 Å². The van der Waals surface area contributed by atoms with E-state index in [4.69, 9.17) is 0 Å². The van der Waals surface area contributed by atoms with Crippen LogP contribution in [0.5, 0.6) is 0 Å². The van der Waals surface area contributed by atoms with Crippen LogP contribution in [0.4, 0.5) is 0 Å². The van der Waals surface area contributed by atoms with Gasteiger partial charge in [0.1, 0.15) is 5.82 Å². The van der Waals surface area contributed by atoms with Crippen LogP contribution in [0.25, 0.3) is 0 Å². The monoisotopic (exact) mass is 210 g/mol. The van der Waals surface area contributed by atoms with Gasteiger partial charge in [-0.05, 0) is 6.92 Å². The summed E-state index contributed by atoms with van der Waals surface area (Å²) < 4.78 is 2.09. The first-order valence-corrected chi connectivity index (χ1v) is 5.13. The molecule has 0 aliphatic rings. The van der Waals surface area contributed by atoms with E-state index in [9.17, 15) is 4.79 Å². The van der Waals surface area contributed by atoms with Crippen LogP contribution >= 0.6 is 0 Å². The summed E-state index contributed by atoms with van der Waals surface area (Å²) >= 11 is 0. The molecule has 1 heterocycles. The van der Waals surface area contributed by atoms with Crippen molar-refractivity contribution >= 4 is 5.91 Å². The first-order valence-electron chi connectivity index (χ1n) is 5.13. The maximum absolute atomic E-state index is 10.6. The number of nitrogens with one attached hydrogen (secondary N) is 2. The van der Waals surface area contributed by atoms with Gasteiger partial charge in [-0.3, -0.25) is 4.79 Å². The third-order valence-corrected chi connectivity index (χ3v) is 2.13. The van der Waals surface area contributed by atoms with Gasteiger partial charge in [0.15, 0.2) is 0 Å². The normalized spacial score (nSPS) is 10.3. The zero-order valence-electron chi connectivity index (χ0n) is 9.29. The highest BCUT2D eigenvalue weighted by atomic mass is 16.1. The molecule has 0 fully saturated rings. The molecule has 0 bridgehead atoms. The van der Waals surface area contributed by atoms with Gasteiger partial charge in [-0.2, -0.15) is 0 Å². The maximum Gasteiger partial charge on any atom is 0.216 e. The fourth-order valence-electron chi connectivity index (χ4n) is 1.29. The van der Waals surface area contributed by atoms with Crippen molar-refractivity contribution in [1.82, 2.24) is 20.2 Å². The molecule has 1 aromatic rings. The van der Waals surface area contributed by atoms with E-state index in [0.29, 0.717) is 6.54 Å². The molecule has 1 rings (SSSR count). The molecule has 84 valence electrons. The Bertz CT molecular complexity index is 308. The Kier molecular flexibility index (Phi) is 4.83. The molecule has 0 aliphatic heterocycles. The van der Waals surface area contributed by atoms with Crippen molar-refractivity contribution in [3.05, 3.63) is 18.2 Å². The number of imidazole rings is 1. The van der Waals surface area contributed by atoms with Crippen molar-refractivity contribution < 1.29 is 4.79 Å². The van der Waals surface area contributed by atoms with E-state index in [1.54, 1.807) is 6.20 Å². The Hall–Kier alpha value is -1.36. The molecule has 1 amide bonds. The fourth-order valence-corrected chi connectivity index (χ4v) is 1.29. The van der Waals surface area contributed by atoms with Gasteiger partial charge in [-0.1, -0.05) is 0 Å². The van der Waals surface area contributed by atoms with Crippen LogP contribution in [0.1, 0.15) is 12.7 Å². The molecule has 5 heteroatoms. The van der Waals surface area contributed by atoms with Crippen LogP contribution < -0.4 is 10.6 Å². The number of carbonyl (C=O) groups is 1. The van der Waals surface area contributed by atoms with Crippen LogP contribution in [0, 0.1) is 6.92 Å². The number of carbonyl (C=O) groups excluding carboxylic acids is 1. The van der Waals surface area contributed by atoms with E-state index in [1.165, 1.54) is 6.92 Å². The Morgan fingerprint density at radius 1 is 1.47 bits per heavy atom. The number of rotatable bonds is 6. The molecule has 1 aromatic heterocycles. The number of amides is 1. The van der Waals surface area contributed by atoms with Crippen molar-refractivity contribution in [2.45, 2.75) is 20.4 Å². The van der Waals surface area contributed by atoms with E-state index >= 15 is 0 Å². The lowest BCUT2D eigenvalue weighted by Crippen LogP contribution is -2.31. The predicted molar refractivity (Wildman–Crippen MR) is 58.5 cm³/mol. The lowest BCUT2D eigenvalue weighted by atomic mass is 10.5. The highest BCUT2D eigenvalue weighted by Crippen LogP contribution is 1.92. The maximum atomic E-state index is 10.6. The van der Waals surface area contributed by atoms with Crippen LogP contribution in [0.2, 0.25) is 0 Å². The van der Waals surface area contributed by atoms with Crippen molar-refractivity contribution in [2.24, 2.45) is 0 Å². The van der Waals surface area contributed by atoms with E-state index in [-0.39, 0.29) is 5.91 Å². The molecule has 2 N–H and O–H groups in total. The number of aryl methyl sites for hydroxylation is 1. The molecule has 5 nitrogen and oxygen atoms in total. The molecular weight excluding hydrogens is 192 g/mol. The van der Waals surface area contributed by atoms with Crippen LogP contribution in [0.15, 0.2) is 12.4 Å². The highest BCUT2D eigenvalue weighted by molar-refractivity contribution is 5.72. The second kappa shape index (κ2) is 6.19. The molecule has 15 heavy (non-hydrogen) atoms. The summed E-state index contributed by atoms with van der Waals surface area (Å²) in [5.74, 6) is 1.04. The summed E-state index contributed by atoms with van der Waals surface area (Å²) in [6.45, 7) is 6.78. The summed E-state index contributed by atoms with van der Waals surface area (Å²) in [7, 11) is 0. The van der Waals surface area contributed by atoms with E-state index in [0.717, 1.165) is 25.5 Å². The van der Waals surface area contributed by atoms with E-state index < -0.39 is 0 Å². The molecule has 0 spiro atoms. The Morgan fingerprint density at radius 3 is 2.87 bits per heavy atom.